The molecule has 1 N–H and O–H groups in total. The molecular formula is C6H14NO6P2-3. The summed E-state index contributed by atoms with van der Waals surface area (Å²) in [7, 11) is -9.36. The van der Waals surface area contributed by atoms with Crippen LogP contribution in [0.4, 0.5) is 0 Å². The lowest BCUT2D eigenvalue weighted by Crippen LogP contribution is -2.44. The maximum absolute atomic E-state index is 10.5. The van der Waals surface area contributed by atoms with Crippen LogP contribution in [0.1, 0.15) is 19.8 Å². The summed E-state index contributed by atoms with van der Waals surface area (Å²) < 4.78 is 0. The van der Waals surface area contributed by atoms with Crippen LogP contribution in [-0.2, 0) is 0 Å². The minimum Gasteiger partial charge on any atom is -0.687 e. The van der Waals surface area contributed by atoms with E-state index in [-0.39, 0.29) is 6.54 Å². The first-order valence-electron chi connectivity index (χ1n) is 4.40. The SMILES string of the molecule is CCCCN(C[P+]([O-])([O-])[O-])C[P+]([O-])([O-])O. The fraction of sp³-hybridized carbons (Fsp3) is 1.00. The van der Waals surface area contributed by atoms with Crippen molar-refractivity contribution in [1.82, 2.24) is 4.90 Å². The number of rotatable bonds is 7. The Morgan fingerprint density at radius 2 is 1.60 bits per heavy atom. The predicted molar refractivity (Wildman–Crippen MR) is 47.4 cm³/mol. The second kappa shape index (κ2) is 6.35. The Bertz CT molecular complexity index is 163. The van der Waals surface area contributed by atoms with Gasteiger partial charge in [-0.25, -0.2) is 4.90 Å². The Balaban J connectivity index is 4.19. The molecule has 0 aliphatic heterocycles. The van der Waals surface area contributed by atoms with E-state index in [0.717, 1.165) is 11.3 Å². The van der Waals surface area contributed by atoms with Crippen LogP contribution in [0.25, 0.3) is 0 Å². The van der Waals surface area contributed by atoms with Crippen LogP contribution >= 0.6 is 15.9 Å². The molecule has 0 aromatic carbocycles. The van der Waals surface area contributed by atoms with Crippen molar-refractivity contribution in [2.75, 3.05) is 19.1 Å². The van der Waals surface area contributed by atoms with E-state index in [4.69, 9.17) is 4.89 Å². The average Bonchev–Trinajstić information content (AvgIpc) is 1.94. The maximum Gasteiger partial charge on any atom is 0.131 e. The fourth-order valence-electron chi connectivity index (χ4n) is 1.07. The monoisotopic (exact) mass is 258 g/mol. The summed E-state index contributed by atoms with van der Waals surface area (Å²) in [5, 5.41) is 0. The van der Waals surface area contributed by atoms with E-state index in [1.807, 2.05) is 6.92 Å². The summed E-state index contributed by atoms with van der Waals surface area (Å²) in [5.41, 5.74) is 0. The lowest BCUT2D eigenvalue weighted by Gasteiger charge is -2.46. The van der Waals surface area contributed by atoms with Crippen molar-refractivity contribution in [1.29, 1.82) is 0 Å². The minimum absolute atomic E-state index is 0.151. The van der Waals surface area contributed by atoms with Gasteiger partial charge in [0, 0.05) is 6.54 Å². The molecule has 0 radical (unpaired) electrons. The number of hydrogen-bond donors (Lipinski definition) is 1. The quantitative estimate of drug-likeness (QED) is 0.464. The van der Waals surface area contributed by atoms with Crippen LogP contribution in [0.5, 0.6) is 0 Å². The molecule has 92 valence electrons. The van der Waals surface area contributed by atoms with Crippen molar-refractivity contribution in [2.45, 2.75) is 19.8 Å². The molecule has 0 bridgehead atoms. The highest BCUT2D eigenvalue weighted by Gasteiger charge is 2.17. The van der Waals surface area contributed by atoms with Gasteiger partial charge >= 0.3 is 0 Å². The highest BCUT2D eigenvalue weighted by Crippen LogP contribution is 2.37. The molecule has 9 heteroatoms. The standard InChI is InChI=1S/C6H17NO6P2/c1-2-3-4-7(5-14(8,9)10)6-15(11,12)13/h2-6H2,1H3,(H2,8,9,10)(H2,11,12,13)/p-3. The van der Waals surface area contributed by atoms with E-state index < -0.39 is 28.5 Å². The molecule has 0 aromatic rings. The zero-order chi connectivity index (χ0) is 12.1. The highest BCUT2D eigenvalue weighted by molar-refractivity contribution is 7.56. The number of unbranched alkanes of at least 4 members (excludes halogenated alkanes) is 1. The van der Waals surface area contributed by atoms with E-state index in [1.165, 1.54) is 0 Å². The third-order valence-corrected chi connectivity index (χ3v) is 3.08. The second-order valence-electron chi connectivity index (χ2n) is 3.28. The Hall–Kier alpha value is 0.580. The summed E-state index contributed by atoms with van der Waals surface area (Å²) in [6, 6.07) is 0. The van der Waals surface area contributed by atoms with Crippen molar-refractivity contribution in [3.63, 3.8) is 0 Å². The van der Waals surface area contributed by atoms with Crippen LogP contribution in [0.3, 0.4) is 0 Å². The summed E-state index contributed by atoms with van der Waals surface area (Å²) in [6.45, 7) is 1.99. The summed E-state index contributed by atoms with van der Waals surface area (Å²) in [4.78, 5) is 61.9. The van der Waals surface area contributed by atoms with E-state index >= 15 is 0 Å². The molecule has 0 amide bonds. The van der Waals surface area contributed by atoms with Gasteiger partial charge in [-0.1, -0.05) is 13.3 Å². The first kappa shape index (κ1) is 15.6. The van der Waals surface area contributed by atoms with Crippen molar-refractivity contribution in [3.05, 3.63) is 0 Å². The molecule has 0 atom stereocenters. The molecule has 0 saturated carbocycles. The van der Waals surface area contributed by atoms with Gasteiger partial charge < -0.3 is 24.5 Å². The van der Waals surface area contributed by atoms with Crippen LogP contribution in [-0.4, -0.2) is 28.9 Å². The van der Waals surface area contributed by atoms with E-state index in [0.29, 0.717) is 6.42 Å². The molecule has 0 aliphatic carbocycles. The van der Waals surface area contributed by atoms with Crippen LogP contribution in [0.2, 0.25) is 0 Å². The van der Waals surface area contributed by atoms with Crippen LogP contribution in [0, 0.1) is 0 Å². The molecule has 0 rings (SSSR count). The van der Waals surface area contributed by atoms with Gasteiger partial charge in [0.1, 0.15) is 6.29 Å². The van der Waals surface area contributed by atoms with Crippen molar-refractivity contribution < 1.29 is 29.4 Å². The second-order valence-corrected chi connectivity index (χ2v) is 6.34. The molecule has 0 spiro atoms. The maximum atomic E-state index is 10.5. The normalized spacial score (nSPS) is 13.6. The molecule has 7 nitrogen and oxygen atoms in total. The fourth-order valence-corrected chi connectivity index (χ4v) is 2.70. The molecular weight excluding hydrogens is 244 g/mol. The predicted octanol–water partition coefficient (Wildman–Crippen LogP) is -3.68. The molecule has 0 unspecified atom stereocenters. The average molecular weight is 258 g/mol. The van der Waals surface area contributed by atoms with Crippen molar-refractivity contribution in [3.8, 4) is 0 Å². The largest absolute Gasteiger partial charge is 0.687 e. The third-order valence-electron chi connectivity index (χ3n) is 1.58. The van der Waals surface area contributed by atoms with Crippen LogP contribution in [0.15, 0.2) is 0 Å². The Morgan fingerprint density at radius 3 is 1.93 bits per heavy atom. The van der Waals surface area contributed by atoms with Gasteiger partial charge in [0.2, 0.25) is 0 Å². The lowest BCUT2D eigenvalue weighted by atomic mass is 10.3. The zero-order valence-electron chi connectivity index (χ0n) is 8.37. The highest BCUT2D eigenvalue weighted by atomic mass is 31.2. The number of hydrogen-bond acceptors (Lipinski definition) is 7. The Labute approximate surface area is 89.8 Å². The topological polar surface area (TPSA) is 139 Å². The van der Waals surface area contributed by atoms with Gasteiger partial charge in [-0.05, 0) is 6.42 Å². The Morgan fingerprint density at radius 1 is 1.07 bits per heavy atom. The molecule has 15 heavy (non-hydrogen) atoms. The van der Waals surface area contributed by atoms with E-state index in [1.54, 1.807) is 0 Å². The van der Waals surface area contributed by atoms with Gasteiger partial charge in [-0.2, -0.15) is 0 Å². The molecule has 0 fully saturated rings. The molecule has 0 saturated heterocycles. The minimum atomic E-state index is -4.79. The van der Waals surface area contributed by atoms with Gasteiger partial charge in [-0.3, -0.25) is 4.89 Å². The molecule has 0 aliphatic rings. The third kappa shape index (κ3) is 10.9. The summed E-state index contributed by atoms with van der Waals surface area (Å²) in [6.07, 6.45) is -0.394. The van der Waals surface area contributed by atoms with Crippen molar-refractivity contribution in [2.24, 2.45) is 0 Å². The van der Waals surface area contributed by atoms with Crippen LogP contribution < -0.4 is 24.5 Å². The van der Waals surface area contributed by atoms with Gasteiger partial charge in [0.15, 0.2) is 0 Å². The first-order valence-corrected chi connectivity index (χ1v) is 7.89. The molecule has 0 aromatic heterocycles. The smallest absolute Gasteiger partial charge is 0.131 e. The van der Waals surface area contributed by atoms with E-state index in [2.05, 4.69) is 0 Å². The van der Waals surface area contributed by atoms with Gasteiger partial charge in [0.25, 0.3) is 0 Å². The first-order chi connectivity index (χ1) is 6.64. The molecule has 0 heterocycles. The van der Waals surface area contributed by atoms with Gasteiger partial charge in [0.05, 0.1) is 14.2 Å². The Kier molecular flexibility index (Phi) is 6.59. The lowest BCUT2D eigenvalue weighted by molar-refractivity contribution is -0.429. The van der Waals surface area contributed by atoms with E-state index in [9.17, 15) is 24.5 Å². The number of nitrogens with zero attached hydrogens (tertiary/aromatic N) is 1. The van der Waals surface area contributed by atoms with Crippen molar-refractivity contribution >= 4 is 15.9 Å². The summed E-state index contributed by atoms with van der Waals surface area (Å²) >= 11 is 0. The zero-order valence-corrected chi connectivity index (χ0v) is 10.2. The summed E-state index contributed by atoms with van der Waals surface area (Å²) in [5.74, 6) is 0. The van der Waals surface area contributed by atoms with Gasteiger partial charge in [-0.15, -0.1) is 7.94 Å².